The van der Waals surface area contributed by atoms with Gasteiger partial charge in [0.15, 0.2) is 0 Å². The second-order valence-electron chi connectivity index (χ2n) is 2.41. The number of hydrogen-bond donors (Lipinski definition) is 0. The smallest absolute Gasteiger partial charge is 0.163 e. The Bertz CT molecular complexity index is 431. The van der Waals surface area contributed by atoms with E-state index in [2.05, 4.69) is 20.3 Å². The highest BCUT2D eigenvalue weighted by Crippen LogP contribution is 2.28. The molecule has 1 aromatic rings. The van der Waals surface area contributed by atoms with E-state index in [9.17, 15) is 8.42 Å². The molecular weight excluding hydrogens is 254 g/mol. The summed E-state index contributed by atoms with van der Waals surface area (Å²) in [7, 11) is -2.39. The lowest BCUT2D eigenvalue weighted by Gasteiger charge is -2.01. The van der Waals surface area contributed by atoms with Gasteiger partial charge in [0.1, 0.15) is 0 Å². The predicted octanol–water partition coefficient (Wildman–Crippen LogP) is 2.71. The quantitative estimate of drug-likeness (QED) is 0.822. The Kier molecular flexibility index (Phi) is 3.62. The van der Waals surface area contributed by atoms with Crippen molar-refractivity contribution >= 4 is 32.1 Å². The van der Waals surface area contributed by atoms with Crippen LogP contribution in [0.2, 0.25) is 0 Å². The summed E-state index contributed by atoms with van der Waals surface area (Å²) < 4.78 is 24.9. The average Bonchev–Trinajstić information content (AvgIpc) is 2.08. The lowest BCUT2D eigenvalue weighted by molar-refractivity contribution is 0.622. The third kappa shape index (κ3) is 2.63. The molecule has 0 aliphatic heterocycles. The lowest BCUT2D eigenvalue weighted by atomic mass is 10.1. The van der Waals surface area contributed by atoms with E-state index in [-0.39, 0.29) is 0 Å². The van der Waals surface area contributed by atoms with Gasteiger partial charge < -0.3 is 0 Å². The number of hydrogen-bond acceptors (Lipinski definition) is 3. The molecule has 0 aliphatic carbocycles. The molecule has 0 bridgehead atoms. The van der Waals surface area contributed by atoms with Gasteiger partial charge in [0.05, 0.1) is 5.69 Å². The second-order valence-corrected chi connectivity index (χ2v) is 3.82. The zero-order chi connectivity index (χ0) is 9.84. The number of rotatable bonds is 2. The van der Waals surface area contributed by atoms with Gasteiger partial charge in [-0.3, -0.25) is 0 Å². The van der Waals surface area contributed by atoms with Crippen molar-refractivity contribution in [2.45, 2.75) is 13.3 Å². The minimum absolute atomic E-state index is 0.452. The van der Waals surface area contributed by atoms with Gasteiger partial charge in [0.25, 0.3) is 0 Å². The van der Waals surface area contributed by atoms with Crippen LogP contribution in [0.1, 0.15) is 12.5 Å². The normalized spacial score (nSPS) is 9.69. The maximum atomic E-state index is 10.3. The van der Waals surface area contributed by atoms with E-state index >= 15 is 0 Å². The van der Waals surface area contributed by atoms with Crippen molar-refractivity contribution < 1.29 is 8.42 Å². The highest BCUT2D eigenvalue weighted by atomic mass is 79.9. The maximum Gasteiger partial charge on any atom is 0.316 e. The molecule has 3 nitrogen and oxygen atoms in total. The van der Waals surface area contributed by atoms with Crippen molar-refractivity contribution in [2.75, 3.05) is 0 Å². The van der Waals surface area contributed by atoms with Crippen molar-refractivity contribution in [3.63, 3.8) is 0 Å². The molecule has 70 valence electrons. The van der Waals surface area contributed by atoms with Crippen LogP contribution in [0.3, 0.4) is 0 Å². The van der Waals surface area contributed by atoms with Gasteiger partial charge in [-0.2, -0.15) is 8.42 Å². The van der Waals surface area contributed by atoms with E-state index < -0.39 is 10.5 Å². The van der Waals surface area contributed by atoms with Gasteiger partial charge in [0.2, 0.25) is 0 Å². The van der Waals surface area contributed by atoms with Crippen LogP contribution < -0.4 is 0 Å². The van der Waals surface area contributed by atoms with Crippen LogP contribution in [0.5, 0.6) is 0 Å². The first-order valence-corrected chi connectivity index (χ1v) is 5.56. The number of benzene rings is 1. The Morgan fingerprint density at radius 2 is 2.15 bits per heavy atom. The fourth-order valence-corrected chi connectivity index (χ4v) is 2.05. The van der Waals surface area contributed by atoms with Gasteiger partial charge >= 0.3 is 10.5 Å². The van der Waals surface area contributed by atoms with Crippen LogP contribution in [0.15, 0.2) is 27.0 Å². The van der Waals surface area contributed by atoms with Gasteiger partial charge in [-0.05, 0) is 34.0 Å². The minimum atomic E-state index is -2.39. The van der Waals surface area contributed by atoms with Crippen molar-refractivity contribution in [3.05, 3.63) is 28.2 Å². The number of halogens is 1. The van der Waals surface area contributed by atoms with E-state index in [4.69, 9.17) is 0 Å². The van der Waals surface area contributed by atoms with Crippen molar-refractivity contribution in [1.29, 1.82) is 0 Å². The molecule has 0 aromatic heterocycles. The molecule has 0 heterocycles. The molecule has 0 fully saturated rings. The third-order valence-electron chi connectivity index (χ3n) is 1.61. The molecule has 0 saturated carbocycles. The van der Waals surface area contributed by atoms with Gasteiger partial charge in [-0.25, -0.2) is 0 Å². The first-order valence-electron chi connectivity index (χ1n) is 3.73. The Balaban J connectivity index is 3.32. The molecular formula is C8H8BrNO2S. The molecule has 0 spiro atoms. The zero-order valence-corrected chi connectivity index (χ0v) is 9.39. The Labute approximate surface area is 86.6 Å². The Morgan fingerprint density at radius 3 is 2.69 bits per heavy atom. The summed E-state index contributed by atoms with van der Waals surface area (Å²) in [6.07, 6.45) is 0.843. The zero-order valence-electron chi connectivity index (χ0n) is 6.99. The van der Waals surface area contributed by atoms with E-state index in [1.807, 2.05) is 13.0 Å². The molecule has 0 atom stereocenters. The fraction of sp³-hybridized carbons (Fsp3) is 0.250. The first-order chi connectivity index (χ1) is 6.15. The van der Waals surface area contributed by atoms with E-state index in [1.54, 1.807) is 12.1 Å². The number of nitrogens with zero attached hydrogens (tertiary/aromatic N) is 1. The summed E-state index contributed by atoms with van der Waals surface area (Å²) in [5.74, 6) is 0. The van der Waals surface area contributed by atoms with Crippen LogP contribution in [0, 0.1) is 0 Å². The topological polar surface area (TPSA) is 46.5 Å². The Hall–Kier alpha value is -0.680. The summed E-state index contributed by atoms with van der Waals surface area (Å²) in [5, 5.41) is 0. The highest BCUT2D eigenvalue weighted by Gasteiger charge is 2.02. The summed E-state index contributed by atoms with van der Waals surface area (Å²) in [5.41, 5.74) is 1.50. The SMILES string of the molecule is CCc1cccc(N=S(=O)=O)c1Br. The van der Waals surface area contributed by atoms with Crippen LogP contribution in [-0.2, 0) is 16.9 Å². The molecule has 0 N–H and O–H groups in total. The minimum Gasteiger partial charge on any atom is -0.163 e. The molecule has 5 heteroatoms. The second kappa shape index (κ2) is 4.53. The largest absolute Gasteiger partial charge is 0.316 e. The molecule has 0 radical (unpaired) electrons. The highest BCUT2D eigenvalue weighted by molar-refractivity contribution is 9.10. The van der Waals surface area contributed by atoms with Crippen LogP contribution in [0.25, 0.3) is 0 Å². The monoisotopic (exact) mass is 261 g/mol. The molecule has 0 saturated heterocycles. The standard InChI is InChI=1S/C8H8BrNO2S/c1-2-6-4-3-5-7(8(6)9)10-13(11)12/h3-5H,2H2,1H3. The van der Waals surface area contributed by atoms with Gasteiger partial charge in [0, 0.05) is 4.47 Å². The predicted molar refractivity (Wildman–Crippen MR) is 54.5 cm³/mol. The van der Waals surface area contributed by atoms with Crippen LogP contribution in [-0.4, -0.2) is 8.42 Å². The molecule has 1 aromatic carbocycles. The Morgan fingerprint density at radius 1 is 1.46 bits per heavy atom. The van der Waals surface area contributed by atoms with E-state index in [0.29, 0.717) is 5.69 Å². The van der Waals surface area contributed by atoms with Crippen molar-refractivity contribution in [2.24, 2.45) is 4.36 Å². The summed E-state index contributed by atoms with van der Waals surface area (Å²) in [6, 6.07) is 5.37. The molecule has 0 amide bonds. The molecule has 13 heavy (non-hydrogen) atoms. The van der Waals surface area contributed by atoms with Gasteiger partial charge in [-0.1, -0.05) is 19.1 Å². The third-order valence-corrected chi connectivity index (χ3v) is 2.87. The van der Waals surface area contributed by atoms with E-state index in [0.717, 1.165) is 16.5 Å². The van der Waals surface area contributed by atoms with Crippen LogP contribution in [0.4, 0.5) is 5.69 Å². The summed E-state index contributed by atoms with van der Waals surface area (Å²) in [6.45, 7) is 2.00. The molecule has 1 rings (SSSR count). The van der Waals surface area contributed by atoms with Crippen molar-refractivity contribution in [3.8, 4) is 0 Å². The average molecular weight is 262 g/mol. The van der Waals surface area contributed by atoms with Gasteiger partial charge in [-0.15, -0.1) is 4.36 Å². The van der Waals surface area contributed by atoms with E-state index in [1.165, 1.54) is 0 Å². The summed E-state index contributed by atoms with van der Waals surface area (Å²) in [4.78, 5) is 0. The van der Waals surface area contributed by atoms with Crippen molar-refractivity contribution in [1.82, 2.24) is 0 Å². The molecule has 0 aliphatic rings. The number of aryl methyl sites for hydroxylation is 1. The molecule has 0 unspecified atom stereocenters. The lowest BCUT2D eigenvalue weighted by Crippen LogP contribution is -1.81. The maximum absolute atomic E-state index is 10.3. The fourth-order valence-electron chi connectivity index (χ4n) is 0.990. The first kappa shape index (κ1) is 10.4. The summed E-state index contributed by atoms with van der Waals surface area (Å²) >= 11 is 3.30. The van der Waals surface area contributed by atoms with Crippen LogP contribution >= 0.6 is 15.9 Å².